The van der Waals surface area contributed by atoms with E-state index in [0.29, 0.717) is 6.42 Å². The Morgan fingerprint density at radius 1 is 1.32 bits per heavy atom. The van der Waals surface area contributed by atoms with Gasteiger partial charge < -0.3 is 15.2 Å². The molecule has 0 aliphatic rings. The number of ether oxygens (including phenoxy) is 2. The lowest BCUT2D eigenvalue weighted by Crippen LogP contribution is -2.33. The third-order valence-electron chi connectivity index (χ3n) is 2.58. The first-order chi connectivity index (χ1) is 9.20. The van der Waals surface area contributed by atoms with E-state index in [1.54, 1.807) is 0 Å². The minimum Gasteiger partial charge on any atom is -0.468 e. The van der Waals surface area contributed by atoms with Crippen LogP contribution in [0.1, 0.15) is 4.88 Å². The maximum absolute atomic E-state index is 11.3. The zero-order valence-corrected chi connectivity index (χ0v) is 11.4. The Balaban J connectivity index is 2.08. The summed E-state index contributed by atoms with van der Waals surface area (Å²) in [4.78, 5) is 12.3. The minimum atomic E-state index is -0.665. The Morgan fingerprint density at radius 3 is 2.74 bits per heavy atom. The first-order valence-corrected chi connectivity index (χ1v) is 6.71. The quantitative estimate of drug-likeness (QED) is 0.853. The average Bonchev–Trinajstić information content (AvgIpc) is 2.86. The van der Waals surface area contributed by atoms with Crippen LogP contribution in [-0.2, 0) is 16.0 Å². The smallest absolute Gasteiger partial charge is 0.323 e. The number of hydrogen-bond donors (Lipinski definition) is 1. The second-order valence-corrected chi connectivity index (χ2v) is 4.96. The van der Waals surface area contributed by atoms with Gasteiger partial charge in [0.25, 0.3) is 0 Å². The van der Waals surface area contributed by atoms with E-state index in [1.165, 1.54) is 18.4 Å². The molecule has 0 amide bonds. The monoisotopic (exact) mass is 277 g/mol. The molecular weight excluding hydrogens is 262 g/mol. The van der Waals surface area contributed by atoms with Gasteiger partial charge in [0.15, 0.2) is 0 Å². The zero-order chi connectivity index (χ0) is 13.7. The van der Waals surface area contributed by atoms with Crippen molar-refractivity contribution in [1.82, 2.24) is 0 Å². The van der Waals surface area contributed by atoms with Gasteiger partial charge in [-0.15, -0.1) is 11.3 Å². The maximum atomic E-state index is 11.3. The van der Waals surface area contributed by atoms with E-state index < -0.39 is 12.0 Å². The Morgan fingerprint density at radius 2 is 2.05 bits per heavy atom. The molecule has 0 spiro atoms. The molecule has 19 heavy (non-hydrogen) atoms. The molecule has 2 rings (SSSR count). The molecule has 1 unspecified atom stereocenters. The zero-order valence-electron chi connectivity index (χ0n) is 10.5. The summed E-state index contributed by atoms with van der Waals surface area (Å²) in [5, 5.41) is 1.91. The summed E-state index contributed by atoms with van der Waals surface area (Å²) in [5.74, 6) is 1.07. The van der Waals surface area contributed by atoms with Gasteiger partial charge >= 0.3 is 5.97 Å². The number of carbonyl (C=O) groups is 1. The van der Waals surface area contributed by atoms with Crippen molar-refractivity contribution >= 4 is 17.3 Å². The van der Waals surface area contributed by atoms with E-state index in [1.807, 2.05) is 41.8 Å². The maximum Gasteiger partial charge on any atom is 0.323 e. The van der Waals surface area contributed by atoms with Crippen molar-refractivity contribution < 1.29 is 14.3 Å². The normalized spacial score (nSPS) is 11.9. The molecule has 1 atom stereocenters. The fourth-order valence-corrected chi connectivity index (χ4v) is 2.48. The van der Waals surface area contributed by atoms with Crippen molar-refractivity contribution in [3.8, 4) is 11.5 Å². The molecule has 4 nitrogen and oxygen atoms in total. The van der Waals surface area contributed by atoms with Crippen LogP contribution in [-0.4, -0.2) is 19.1 Å². The van der Waals surface area contributed by atoms with Crippen LogP contribution in [0.3, 0.4) is 0 Å². The predicted molar refractivity (Wildman–Crippen MR) is 74.5 cm³/mol. The molecule has 2 N–H and O–H groups in total. The molecular formula is C14H15NO3S. The number of benzene rings is 1. The highest BCUT2D eigenvalue weighted by molar-refractivity contribution is 7.10. The van der Waals surface area contributed by atoms with Crippen LogP contribution in [0.15, 0.2) is 41.8 Å². The molecule has 1 heterocycles. The van der Waals surface area contributed by atoms with Crippen molar-refractivity contribution in [2.45, 2.75) is 12.5 Å². The Hall–Kier alpha value is -1.85. The fourth-order valence-electron chi connectivity index (χ4n) is 1.62. The number of nitrogens with two attached hydrogens (primary N) is 1. The number of methoxy groups -OCH3 is 1. The molecule has 1 aromatic heterocycles. The molecule has 1 aromatic carbocycles. The topological polar surface area (TPSA) is 61.5 Å². The van der Waals surface area contributed by atoms with Gasteiger partial charge in [-0.2, -0.15) is 0 Å². The number of thiophene rings is 1. The first kappa shape index (κ1) is 13.6. The van der Waals surface area contributed by atoms with Crippen LogP contribution in [0.5, 0.6) is 11.5 Å². The van der Waals surface area contributed by atoms with Crippen LogP contribution in [0, 0.1) is 0 Å². The van der Waals surface area contributed by atoms with Crippen molar-refractivity contribution in [2.75, 3.05) is 7.11 Å². The van der Waals surface area contributed by atoms with Gasteiger partial charge in [-0.3, -0.25) is 4.79 Å². The summed E-state index contributed by atoms with van der Waals surface area (Å²) >= 11 is 1.51. The molecule has 0 aliphatic heterocycles. The van der Waals surface area contributed by atoms with Crippen molar-refractivity contribution in [3.63, 3.8) is 0 Å². The molecule has 0 saturated heterocycles. The standard InChI is InChI=1S/C14H15NO3S/c1-17-14(16)11(15)9-13-12(7-8-19-13)18-10-5-3-2-4-6-10/h2-8,11H,9,15H2,1H3. The molecule has 100 valence electrons. The first-order valence-electron chi connectivity index (χ1n) is 5.83. The molecule has 0 aliphatic carbocycles. The summed E-state index contributed by atoms with van der Waals surface area (Å²) in [6.07, 6.45) is 0.409. The van der Waals surface area contributed by atoms with Gasteiger partial charge in [-0.1, -0.05) is 18.2 Å². The second-order valence-electron chi connectivity index (χ2n) is 3.96. The summed E-state index contributed by atoms with van der Waals surface area (Å²) in [5.41, 5.74) is 5.76. The predicted octanol–water partition coefficient (Wildman–Crippen LogP) is 2.58. The highest BCUT2D eigenvalue weighted by Gasteiger charge is 2.18. The van der Waals surface area contributed by atoms with Gasteiger partial charge in [-0.25, -0.2) is 0 Å². The number of para-hydroxylation sites is 1. The third kappa shape index (κ3) is 3.56. The Kier molecular flexibility index (Phi) is 4.54. The summed E-state index contributed by atoms with van der Waals surface area (Å²) in [7, 11) is 1.33. The molecule has 0 fully saturated rings. The Bertz CT molecular complexity index is 539. The largest absolute Gasteiger partial charge is 0.468 e. The van der Waals surface area contributed by atoms with Gasteiger partial charge in [-0.05, 0) is 23.6 Å². The van der Waals surface area contributed by atoms with Gasteiger partial charge in [0.05, 0.1) is 7.11 Å². The van der Waals surface area contributed by atoms with Gasteiger partial charge in [0, 0.05) is 11.3 Å². The van der Waals surface area contributed by atoms with Gasteiger partial charge in [0.2, 0.25) is 0 Å². The molecule has 0 radical (unpaired) electrons. The van der Waals surface area contributed by atoms with Crippen LogP contribution in [0.4, 0.5) is 0 Å². The van der Waals surface area contributed by atoms with E-state index >= 15 is 0 Å². The highest BCUT2D eigenvalue weighted by Crippen LogP contribution is 2.30. The lowest BCUT2D eigenvalue weighted by Gasteiger charge is -2.10. The van der Waals surface area contributed by atoms with E-state index in [9.17, 15) is 4.79 Å². The average molecular weight is 277 g/mol. The Labute approximate surface area is 115 Å². The van der Waals surface area contributed by atoms with E-state index in [2.05, 4.69) is 4.74 Å². The molecule has 0 bridgehead atoms. The lowest BCUT2D eigenvalue weighted by atomic mass is 10.2. The van der Waals surface area contributed by atoms with Crippen LogP contribution in [0.2, 0.25) is 0 Å². The molecule has 2 aromatic rings. The number of carbonyl (C=O) groups excluding carboxylic acids is 1. The van der Waals surface area contributed by atoms with Crippen molar-refractivity contribution in [3.05, 3.63) is 46.7 Å². The summed E-state index contributed by atoms with van der Waals surface area (Å²) in [6.45, 7) is 0. The fraction of sp³-hybridized carbons (Fsp3) is 0.214. The number of hydrogen-bond acceptors (Lipinski definition) is 5. The minimum absolute atomic E-state index is 0.409. The van der Waals surface area contributed by atoms with Crippen LogP contribution < -0.4 is 10.5 Å². The van der Waals surface area contributed by atoms with Crippen LogP contribution in [0.25, 0.3) is 0 Å². The van der Waals surface area contributed by atoms with E-state index in [-0.39, 0.29) is 0 Å². The lowest BCUT2D eigenvalue weighted by molar-refractivity contribution is -0.142. The summed E-state index contributed by atoms with van der Waals surface area (Å²) < 4.78 is 10.4. The van der Waals surface area contributed by atoms with Crippen molar-refractivity contribution in [2.24, 2.45) is 5.73 Å². The number of rotatable bonds is 5. The van der Waals surface area contributed by atoms with Gasteiger partial charge in [0.1, 0.15) is 17.5 Å². The summed E-state index contributed by atoms with van der Waals surface area (Å²) in [6, 6.07) is 10.7. The molecule has 5 heteroatoms. The third-order valence-corrected chi connectivity index (χ3v) is 3.51. The number of esters is 1. The molecule has 0 saturated carbocycles. The van der Waals surface area contributed by atoms with E-state index in [4.69, 9.17) is 10.5 Å². The highest BCUT2D eigenvalue weighted by atomic mass is 32.1. The van der Waals surface area contributed by atoms with E-state index in [0.717, 1.165) is 16.4 Å². The van der Waals surface area contributed by atoms with Crippen LogP contribution >= 0.6 is 11.3 Å². The van der Waals surface area contributed by atoms with Crippen molar-refractivity contribution in [1.29, 1.82) is 0 Å². The second kappa shape index (κ2) is 6.36. The SMILES string of the molecule is COC(=O)C(N)Cc1sccc1Oc1ccccc1.